The van der Waals surface area contributed by atoms with Gasteiger partial charge < -0.3 is 9.94 Å². The Morgan fingerprint density at radius 1 is 1.08 bits per heavy atom. The molecule has 1 aromatic carbocycles. The molecule has 6 nitrogen and oxygen atoms in total. The van der Waals surface area contributed by atoms with E-state index in [1.165, 1.54) is 27.8 Å². The molecule has 36 heavy (non-hydrogen) atoms. The Balaban J connectivity index is 1.47. The summed E-state index contributed by atoms with van der Waals surface area (Å²) < 4.78 is 5.17. The number of quaternary nitrogens is 1. The van der Waals surface area contributed by atoms with Crippen molar-refractivity contribution in [3.8, 4) is 5.75 Å². The number of carbonyl (C=O) groups is 1. The highest BCUT2D eigenvalue weighted by Gasteiger charge is 2.40. The van der Waals surface area contributed by atoms with Gasteiger partial charge in [-0.05, 0) is 78.1 Å². The van der Waals surface area contributed by atoms with E-state index in [4.69, 9.17) is 9.72 Å². The van der Waals surface area contributed by atoms with Gasteiger partial charge >= 0.3 is 5.91 Å². The lowest BCUT2D eigenvalue weighted by Crippen LogP contribution is -2.53. The number of pyridine rings is 2. The topological polar surface area (TPSA) is 75.1 Å². The van der Waals surface area contributed by atoms with Crippen molar-refractivity contribution in [3.05, 3.63) is 93.2 Å². The summed E-state index contributed by atoms with van der Waals surface area (Å²) in [6, 6.07) is 10.3. The Labute approximate surface area is 213 Å². The number of fused-ring (bicyclic) bond motifs is 2. The van der Waals surface area contributed by atoms with E-state index in [1.54, 1.807) is 31.6 Å². The van der Waals surface area contributed by atoms with Crippen molar-refractivity contribution in [2.24, 2.45) is 5.92 Å². The lowest BCUT2D eigenvalue weighted by atomic mass is 9.75. The van der Waals surface area contributed by atoms with Crippen LogP contribution in [0.3, 0.4) is 0 Å². The Morgan fingerprint density at radius 3 is 2.50 bits per heavy atom. The smallest absolute Gasteiger partial charge is 0.318 e. The van der Waals surface area contributed by atoms with Crippen LogP contribution in [-0.4, -0.2) is 40.7 Å². The van der Waals surface area contributed by atoms with Crippen LogP contribution in [0.1, 0.15) is 64.8 Å². The van der Waals surface area contributed by atoms with Crippen molar-refractivity contribution in [1.82, 2.24) is 9.97 Å². The minimum atomic E-state index is -0.751. The van der Waals surface area contributed by atoms with Crippen LogP contribution in [0.15, 0.2) is 48.9 Å². The lowest BCUT2D eigenvalue weighted by Gasteiger charge is -2.46. The molecule has 0 spiro atoms. The molecule has 1 unspecified atom stereocenters. The molecule has 1 saturated heterocycles. The van der Waals surface area contributed by atoms with E-state index < -0.39 is 4.65 Å². The summed E-state index contributed by atoms with van der Waals surface area (Å²) in [4.78, 5) is 22.1. The van der Waals surface area contributed by atoms with Gasteiger partial charge in [-0.1, -0.05) is 19.1 Å². The molecular formula is C30H35N3O3. The molecule has 5 rings (SSSR count). The van der Waals surface area contributed by atoms with E-state index in [9.17, 15) is 10.0 Å². The summed E-state index contributed by atoms with van der Waals surface area (Å²) >= 11 is 0. The maximum absolute atomic E-state index is 13.6. The highest BCUT2D eigenvalue weighted by atomic mass is 16.6. The predicted molar refractivity (Wildman–Crippen MR) is 140 cm³/mol. The Bertz CT molecular complexity index is 1250. The van der Waals surface area contributed by atoms with Crippen LogP contribution in [0, 0.1) is 18.0 Å². The third kappa shape index (κ3) is 4.67. The predicted octanol–water partition coefficient (Wildman–Crippen LogP) is 5.08. The molecule has 2 aromatic heterocycles. The van der Waals surface area contributed by atoms with Gasteiger partial charge in [0.1, 0.15) is 5.75 Å². The van der Waals surface area contributed by atoms with Gasteiger partial charge in [0.25, 0.3) is 0 Å². The third-order valence-corrected chi connectivity index (χ3v) is 8.08. The highest BCUT2D eigenvalue weighted by Crippen LogP contribution is 2.47. The Hall–Kier alpha value is -3.09. The molecule has 6 heteroatoms. The number of carbonyl (C=O) groups excluding carboxylic acids is 1. The van der Waals surface area contributed by atoms with Crippen LogP contribution in [-0.2, 0) is 30.5 Å². The summed E-state index contributed by atoms with van der Waals surface area (Å²) in [7, 11) is 1.74. The third-order valence-electron chi connectivity index (χ3n) is 8.08. The number of aryl methyl sites for hydroxylation is 4. The molecule has 3 heterocycles. The molecule has 1 aliphatic heterocycles. The van der Waals surface area contributed by atoms with Crippen molar-refractivity contribution in [2.45, 2.75) is 58.3 Å². The molecule has 0 saturated carbocycles. The fraction of sp³-hybridized carbons (Fsp3) is 0.433. The first kappa shape index (κ1) is 24.6. The number of hydrogen-bond acceptors (Lipinski definition) is 5. The van der Waals surface area contributed by atoms with Crippen molar-refractivity contribution >= 4 is 5.91 Å². The van der Waals surface area contributed by atoms with Gasteiger partial charge in [0, 0.05) is 42.9 Å². The summed E-state index contributed by atoms with van der Waals surface area (Å²) in [6.45, 7) is 4.88. The quantitative estimate of drug-likeness (QED) is 0.372. The van der Waals surface area contributed by atoms with Crippen LogP contribution in [0.25, 0.3) is 0 Å². The van der Waals surface area contributed by atoms with Gasteiger partial charge in [-0.15, -0.1) is 0 Å². The van der Waals surface area contributed by atoms with Crippen LogP contribution in [0.5, 0.6) is 5.75 Å². The zero-order chi connectivity index (χ0) is 25.3. The van der Waals surface area contributed by atoms with Gasteiger partial charge in [0.05, 0.1) is 32.3 Å². The number of rotatable bonds is 5. The number of piperidine rings is 1. The largest absolute Gasteiger partial charge is 0.625 e. The fourth-order valence-corrected chi connectivity index (χ4v) is 6.08. The number of nitrogens with zero attached hydrogens (tertiary/aromatic N) is 3. The van der Waals surface area contributed by atoms with Crippen LogP contribution < -0.4 is 4.74 Å². The lowest BCUT2D eigenvalue weighted by molar-refractivity contribution is -0.811. The average Bonchev–Trinajstić information content (AvgIpc) is 3.05. The number of hydrogen-bond donors (Lipinski definition) is 0. The van der Waals surface area contributed by atoms with Crippen LogP contribution in [0.2, 0.25) is 0 Å². The maximum Gasteiger partial charge on any atom is 0.318 e. The Kier molecular flexibility index (Phi) is 6.91. The number of methoxy groups -OCH3 is 1. The van der Waals surface area contributed by atoms with E-state index in [1.807, 2.05) is 6.20 Å². The maximum atomic E-state index is 13.6. The number of benzene rings is 1. The molecule has 1 aliphatic carbocycles. The first-order valence-corrected chi connectivity index (χ1v) is 13.1. The molecule has 188 valence electrons. The second kappa shape index (κ2) is 10.1. The first-order chi connectivity index (χ1) is 17.4. The number of ether oxygens (including phenoxy) is 1. The average molecular weight is 486 g/mol. The van der Waals surface area contributed by atoms with Crippen LogP contribution in [0.4, 0.5) is 0 Å². The molecule has 2 aliphatic rings. The molecule has 0 N–H and O–H groups in total. The second-order valence-electron chi connectivity index (χ2n) is 10.4. The molecule has 0 bridgehead atoms. The minimum absolute atomic E-state index is 0.0583. The van der Waals surface area contributed by atoms with E-state index in [-0.39, 0.29) is 24.2 Å². The molecule has 1 atom stereocenters. The minimum Gasteiger partial charge on any atom is -0.625 e. The van der Waals surface area contributed by atoms with Gasteiger partial charge in [-0.3, -0.25) is 14.6 Å². The summed E-state index contributed by atoms with van der Waals surface area (Å²) in [5, 5.41) is 13.6. The molecule has 3 aromatic rings. The number of aromatic nitrogens is 2. The molecule has 0 radical (unpaired) electrons. The Morgan fingerprint density at radius 2 is 1.81 bits per heavy atom. The highest BCUT2D eigenvalue weighted by molar-refractivity contribution is 5.72. The first-order valence-electron chi connectivity index (χ1n) is 13.1. The van der Waals surface area contributed by atoms with E-state index in [0.717, 1.165) is 36.3 Å². The molecule has 1 fully saturated rings. The summed E-state index contributed by atoms with van der Waals surface area (Å²) in [5.74, 6) is 0.931. The van der Waals surface area contributed by atoms with Crippen molar-refractivity contribution in [3.63, 3.8) is 0 Å². The van der Waals surface area contributed by atoms with Crippen molar-refractivity contribution in [2.75, 3.05) is 20.2 Å². The SMILES string of the molecule is CCc1cnc2c(c1)CCc1cc(C)cc(OC)c1C2C1CC[N+]([O-])(C(=O)Cc2ccncc2)CC1. The molecular weight excluding hydrogens is 450 g/mol. The van der Waals surface area contributed by atoms with Gasteiger partial charge in [0.2, 0.25) is 0 Å². The van der Waals surface area contributed by atoms with Gasteiger partial charge in [0.15, 0.2) is 0 Å². The van der Waals surface area contributed by atoms with Gasteiger partial charge in [-0.25, -0.2) is 4.79 Å². The van der Waals surface area contributed by atoms with E-state index in [2.05, 4.69) is 37.0 Å². The standard InChI is InChI=1S/C30H35N3O3/c1-4-21-17-25-6-5-24-15-20(2)16-26(36-3)28(24)29(30(25)32-19-21)23-9-13-33(35,14-10-23)27(34)18-22-7-11-31-12-8-22/h7-8,11-12,15-17,19,23,29H,4-6,9-10,13-14,18H2,1-3H3. The van der Waals surface area contributed by atoms with E-state index >= 15 is 0 Å². The monoisotopic (exact) mass is 485 g/mol. The zero-order valence-corrected chi connectivity index (χ0v) is 21.5. The summed E-state index contributed by atoms with van der Waals surface area (Å²) in [6.07, 6.45) is 9.71. The number of amides is 1. The van der Waals surface area contributed by atoms with E-state index in [0.29, 0.717) is 25.9 Å². The number of hydroxylamine groups is 3. The summed E-state index contributed by atoms with van der Waals surface area (Å²) in [5.41, 5.74) is 8.24. The van der Waals surface area contributed by atoms with Crippen LogP contribution >= 0.6 is 0 Å². The normalized spacial score (nSPS) is 23.3. The second-order valence-corrected chi connectivity index (χ2v) is 10.4. The number of likely N-dealkylation sites (tertiary alicyclic amines) is 1. The van der Waals surface area contributed by atoms with Crippen molar-refractivity contribution in [1.29, 1.82) is 0 Å². The van der Waals surface area contributed by atoms with Gasteiger partial charge in [-0.2, -0.15) is 0 Å². The van der Waals surface area contributed by atoms with Crippen molar-refractivity contribution < 1.29 is 14.2 Å². The zero-order valence-electron chi connectivity index (χ0n) is 21.5. The fourth-order valence-electron chi connectivity index (χ4n) is 6.08. The molecule has 1 amide bonds.